The Morgan fingerprint density at radius 1 is 1.17 bits per heavy atom. The van der Waals surface area contributed by atoms with E-state index in [1.54, 1.807) is 24.5 Å². The van der Waals surface area contributed by atoms with Crippen molar-refractivity contribution in [1.82, 2.24) is 15.4 Å². The third-order valence-corrected chi connectivity index (χ3v) is 4.79. The van der Waals surface area contributed by atoms with Crippen LogP contribution in [0.4, 0.5) is 16.0 Å². The van der Waals surface area contributed by atoms with E-state index in [9.17, 15) is 4.39 Å². The SMILES string of the molecule is CSNc1cccc(CC(Nc2ncc(/C(=N/N)NN)cn2)c2ccc(F)cc2)c1. The van der Waals surface area contributed by atoms with Crippen molar-refractivity contribution in [3.8, 4) is 0 Å². The largest absolute Gasteiger partial charge is 0.347 e. The van der Waals surface area contributed by atoms with Crippen molar-refractivity contribution in [2.75, 3.05) is 16.3 Å². The smallest absolute Gasteiger partial charge is 0.223 e. The highest BCUT2D eigenvalue weighted by Gasteiger charge is 2.15. The van der Waals surface area contributed by atoms with Gasteiger partial charge in [0.1, 0.15) is 5.82 Å². The Bertz CT molecular complexity index is 979. The zero-order chi connectivity index (χ0) is 21.3. The highest BCUT2D eigenvalue weighted by atomic mass is 32.2. The number of nitrogens with zero attached hydrogens (tertiary/aromatic N) is 3. The van der Waals surface area contributed by atoms with Crippen LogP contribution in [0, 0.1) is 5.82 Å². The molecule has 1 unspecified atom stereocenters. The number of hydrazone groups is 1. The second-order valence-corrected chi connectivity index (χ2v) is 6.99. The van der Waals surface area contributed by atoms with Crippen molar-refractivity contribution in [3.05, 3.63) is 83.4 Å². The highest BCUT2D eigenvalue weighted by Crippen LogP contribution is 2.24. The van der Waals surface area contributed by atoms with E-state index in [1.165, 1.54) is 24.1 Å². The van der Waals surface area contributed by atoms with Gasteiger partial charge in [-0.15, -0.1) is 0 Å². The van der Waals surface area contributed by atoms with Crippen LogP contribution in [0.1, 0.15) is 22.7 Å². The van der Waals surface area contributed by atoms with Gasteiger partial charge in [-0.3, -0.25) is 0 Å². The van der Waals surface area contributed by atoms with E-state index in [0.717, 1.165) is 16.8 Å². The molecule has 1 atom stereocenters. The van der Waals surface area contributed by atoms with Gasteiger partial charge in [0.15, 0.2) is 5.84 Å². The molecule has 2 aromatic carbocycles. The Morgan fingerprint density at radius 2 is 1.90 bits per heavy atom. The molecule has 30 heavy (non-hydrogen) atoms. The van der Waals surface area contributed by atoms with Gasteiger partial charge in [-0.25, -0.2) is 20.2 Å². The van der Waals surface area contributed by atoms with E-state index in [2.05, 4.69) is 36.6 Å². The first-order valence-electron chi connectivity index (χ1n) is 9.09. The summed E-state index contributed by atoms with van der Waals surface area (Å²) in [6.07, 6.45) is 5.75. The number of anilines is 2. The summed E-state index contributed by atoms with van der Waals surface area (Å²) in [5.41, 5.74) is 5.98. The molecule has 0 aliphatic rings. The van der Waals surface area contributed by atoms with Crippen molar-refractivity contribution in [2.45, 2.75) is 12.5 Å². The average molecular weight is 427 g/mol. The quantitative estimate of drug-likeness (QED) is 0.122. The number of nitrogens with two attached hydrogens (primary N) is 2. The van der Waals surface area contributed by atoms with Crippen molar-refractivity contribution < 1.29 is 4.39 Å². The number of hydrogen-bond acceptors (Lipinski definition) is 8. The number of rotatable bonds is 8. The normalized spacial score (nSPS) is 12.3. The van der Waals surface area contributed by atoms with Crippen LogP contribution in [0.5, 0.6) is 0 Å². The standard InChI is InChI=1S/C20H23FN8S/c1-30-29-17-4-2-3-13(9-17)10-18(14-5-7-16(21)8-6-14)26-20-24-11-15(12-25-20)19(27-22)28-23/h2-9,11-12,18,29H,10,22-23H2,1H3,(H,27,28)(H,24,25,26). The molecule has 0 spiro atoms. The lowest BCUT2D eigenvalue weighted by Crippen LogP contribution is -2.32. The summed E-state index contributed by atoms with van der Waals surface area (Å²) in [5, 5.41) is 6.86. The van der Waals surface area contributed by atoms with Crippen LogP contribution in [-0.4, -0.2) is 22.1 Å². The Labute approximate surface area is 178 Å². The number of halogens is 1. The van der Waals surface area contributed by atoms with Crippen LogP contribution >= 0.6 is 11.9 Å². The average Bonchev–Trinajstić information content (AvgIpc) is 2.76. The van der Waals surface area contributed by atoms with Gasteiger partial charge < -0.3 is 21.3 Å². The molecule has 0 aliphatic heterocycles. The van der Waals surface area contributed by atoms with Crippen LogP contribution in [0.3, 0.4) is 0 Å². The molecule has 0 amide bonds. The summed E-state index contributed by atoms with van der Waals surface area (Å²) in [6, 6.07) is 14.3. The Hall–Kier alpha value is -3.37. The fourth-order valence-corrected chi connectivity index (χ4v) is 3.30. The fourth-order valence-electron chi connectivity index (χ4n) is 2.94. The fraction of sp³-hybridized carbons (Fsp3) is 0.150. The zero-order valence-corrected chi connectivity index (χ0v) is 17.2. The number of nitrogens with one attached hydrogen (secondary N) is 3. The Kier molecular flexibility index (Phi) is 7.41. The monoisotopic (exact) mass is 426 g/mol. The molecule has 7 N–H and O–H groups in total. The van der Waals surface area contributed by atoms with Crippen LogP contribution in [0.15, 0.2) is 66.0 Å². The molecule has 1 heterocycles. The number of amidine groups is 1. The maximum absolute atomic E-state index is 13.4. The van der Waals surface area contributed by atoms with Gasteiger partial charge in [-0.05, 0) is 41.8 Å². The summed E-state index contributed by atoms with van der Waals surface area (Å²) in [5.74, 6) is 11.1. The lowest BCUT2D eigenvalue weighted by molar-refractivity contribution is 0.625. The molecule has 156 valence electrons. The molecular formula is C20H23FN8S. The predicted octanol–water partition coefficient (Wildman–Crippen LogP) is 2.79. The van der Waals surface area contributed by atoms with Gasteiger partial charge in [-0.1, -0.05) is 36.2 Å². The maximum atomic E-state index is 13.4. The molecule has 3 rings (SSSR count). The molecular weight excluding hydrogens is 403 g/mol. The highest BCUT2D eigenvalue weighted by molar-refractivity contribution is 7.99. The molecule has 8 nitrogen and oxygen atoms in total. The summed E-state index contributed by atoms with van der Waals surface area (Å²) >= 11 is 1.53. The van der Waals surface area contributed by atoms with Crippen molar-refractivity contribution in [2.24, 2.45) is 16.8 Å². The summed E-state index contributed by atoms with van der Waals surface area (Å²) in [6.45, 7) is 0. The van der Waals surface area contributed by atoms with E-state index in [-0.39, 0.29) is 17.7 Å². The van der Waals surface area contributed by atoms with Gasteiger partial charge in [0.25, 0.3) is 0 Å². The van der Waals surface area contributed by atoms with E-state index < -0.39 is 0 Å². The lowest BCUT2D eigenvalue weighted by Gasteiger charge is -2.20. The summed E-state index contributed by atoms with van der Waals surface area (Å²) in [7, 11) is 0. The molecule has 0 saturated heterocycles. The van der Waals surface area contributed by atoms with E-state index in [4.69, 9.17) is 11.7 Å². The minimum Gasteiger partial charge on any atom is -0.347 e. The lowest BCUT2D eigenvalue weighted by atomic mass is 9.98. The van der Waals surface area contributed by atoms with Crippen molar-refractivity contribution >= 4 is 29.4 Å². The molecule has 3 aromatic rings. The second-order valence-electron chi connectivity index (χ2n) is 6.38. The maximum Gasteiger partial charge on any atom is 0.223 e. The summed E-state index contributed by atoms with van der Waals surface area (Å²) < 4.78 is 16.7. The van der Waals surface area contributed by atoms with E-state index >= 15 is 0 Å². The minimum absolute atomic E-state index is 0.170. The Balaban J connectivity index is 1.85. The van der Waals surface area contributed by atoms with Gasteiger partial charge in [0.05, 0.1) is 11.6 Å². The molecule has 0 saturated carbocycles. The first-order chi connectivity index (χ1) is 14.6. The molecule has 1 aromatic heterocycles. The third-order valence-electron chi connectivity index (χ3n) is 4.35. The first-order valence-corrected chi connectivity index (χ1v) is 10.3. The van der Waals surface area contributed by atoms with Gasteiger partial charge in [-0.2, -0.15) is 5.10 Å². The number of hydrogen-bond donors (Lipinski definition) is 5. The van der Waals surface area contributed by atoms with E-state index in [0.29, 0.717) is 17.9 Å². The second kappa shape index (κ2) is 10.4. The Morgan fingerprint density at radius 3 is 2.53 bits per heavy atom. The zero-order valence-electron chi connectivity index (χ0n) is 16.3. The summed E-state index contributed by atoms with van der Waals surface area (Å²) in [4.78, 5) is 8.65. The third kappa shape index (κ3) is 5.58. The molecule has 10 heteroatoms. The number of benzene rings is 2. The minimum atomic E-state index is -0.285. The topological polar surface area (TPSA) is 126 Å². The van der Waals surface area contributed by atoms with Gasteiger partial charge in [0, 0.05) is 24.3 Å². The number of aromatic nitrogens is 2. The van der Waals surface area contributed by atoms with Gasteiger partial charge >= 0.3 is 0 Å². The molecule has 0 bridgehead atoms. The predicted molar refractivity (Wildman–Crippen MR) is 120 cm³/mol. The van der Waals surface area contributed by atoms with Gasteiger partial charge in [0.2, 0.25) is 5.95 Å². The van der Waals surface area contributed by atoms with Crippen molar-refractivity contribution in [3.63, 3.8) is 0 Å². The van der Waals surface area contributed by atoms with E-state index in [1.807, 2.05) is 24.5 Å². The molecule has 0 radical (unpaired) electrons. The number of hydrazine groups is 1. The van der Waals surface area contributed by atoms with Crippen LogP contribution in [0.25, 0.3) is 0 Å². The van der Waals surface area contributed by atoms with Crippen LogP contribution in [0.2, 0.25) is 0 Å². The molecule has 0 fully saturated rings. The first kappa shape index (κ1) is 21.3. The van der Waals surface area contributed by atoms with Crippen LogP contribution in [-0.2, 0) is 6.42 Å². The van der Waals surface area contributed by atoms with Crippen molar-refractivity contribution in [1.29, 1.82) is 0 Å². The van der Waals surface area contributed by atoms with Crippen LogP contribution < -0.4 is 27.2 Å². The molecule has 0 aliphatic carbocycles.